The maximum absolute atomic E-state index is 13.1. The highest BCUT2D eigenvalue weighted by Gasteiger charge is 2.25. The molecule has 16 heteroatoms. The Hall–Kier alpha value is -5.54. The summed E-state index contributed by atoms with van der Waals surface area (Å²) in [6.07, 6.45) is 1.32. The van der Waals surface area contributed by atoms with Crippen molar-refractivity contribution in [1.29, 1.82) is 0 Å². The molecule has 190 valence electrons. The van der Waals surface area contributed by atoms with Crippen molar-refractivity contribution >= 4 is 23.6 Å². The van der Waals surface area contributed by atoms with Crippen LogP contribution in [0.1, 0.15) is 16.1 Å². The molecule has 3 N–H and O–H groups in total. The Bertz CT molecular complexity index is 1450. The number of nitro benzene ring substituents is 1. The van der Waals surface area contributed by atoms with E-state index in [1.54, 1.807) is 12.1 Å². The van der Waals surface area contributed by atoms with Crippen molar-refractivity contribution in [3.05, 3.63) is 57.8 Å². The van der Waals surface area contributed by atoms with Gasteiger partial charge in [0.25, 0.3) is 11.6 Å². The first-order chi connectivity index (χ1) is 17.9. The Kier molecular flexibility index (Phi) is 6.90. The monoisotopic (exact) mass is 509 g/mol. The van der Waals surface area contributed by atoms with Gasteiger partial charge in [0.1, 0.15) is 22.9 Å². The summed E-state index contributed by atoms with van der Waals surface area (Å²) in [7, 11) is 4.42. The van der Waals surface area contributed by atoms with E-state index < -0.39 is 10.8 Å². The fourth-order valence-corrected chi connectivity index (χ4v) is 3.29. The summed E-state index contributed by atoms with van der Waals surface area (Å²) in [6, 6.07) is 8.62. The summed E-state index contributed by atoms with van der Waals surface area (Å²) in [4.78, 5) is 23.6. The van der Waals surface area contributed by atoms with Crippen LogP contribution in [-0.2, 0) is 0 Å². The van der Waals surface area contributed by atoms with Crippen LogP contribution in [0.5, 0.6) is 17.2 Å². The number of hydrogen-bond acceptors (Lipinski definition) is 13. The van der Waals surface area contributed by atoms with Crippen LogP contribution in [0.3, 0.4) is 0 Å². The predicted molar refractivity (Wildman–Crippen MR) is 127 cm³/mol. The molecule has 0 saturated carbocycles. The van der Waals surface area contributed by atoms with Crippen LogP contribution in [0.25, 0.3) is 17.1 Å². The highest BCUT2D eigenvalue weighted by Crippen LogP contribution is 2.33. The highest BCUT2D eigenvalue weighted by molar-refractivity contribution is 5.99. The van der Waals surface area contributed by atoms with Gasteiger partial charge in [0, 0.05) is 29.8 Å². The maximum Gasteiger partial charge on any atom is 0.294 e. The van der Waals surface area contributed by atoms with Crippen molar-refractivity contribution in [2.24, 2.45) is 5.10 Å². The van der Waals surface area contributed by atoms with Crippen LogP contribution in [0, 0.1) is 10.1 Å². The Morgan fingerprint density at radius 3 is 2.35 bits per heavy atom. The smallest absolute Gasteiger partial charge is 0.294 e. The number of carbonyl (C=O) groups is 1. The lowest BCUT2D eigenvalue weighted by Gasteiger charge is -2.12. The molecule has 0 radical (unpaired) electrons. The van der Waals surface area contributed by atoms with Gasteiger partial charge in [0.2, 0.25) is 11.6 Å². The number of nitrogens with one attached hydrogen (secondary N) is 1. The molecular weight excluding hydrogens is 490 g/mol. The lowest BCUT2D eigenvalue weighted by atomic mass is 10.1. The number of nitrogens with two attached hydrogens (primary N) is 1. The fourth-order valence-electron chi connectivity index (χ4n) is 3.29. The molecule has 37 heavy (non-hydrogen) atoms. The second-order valence-corrected chi connectivity index (χ2v) is 7.12. The molecule has 4 rings (SSSR count). The van der Waals surface area contributed by atoms with Crippen molar-refractivity contribution in [3.8, 4) is 34.3 Å². The Balaban J connectivity index is 1.70. The number of methoxy groups -OCH3 is 3. The Morgan fingerprint density at radius 2 is 1.81 bits per heavy atom. The zero-order chi connectivity index (χ0) is 26.5. The predicted octanol–water partition coefficient (Wildman–Crippen LogP) is 1.60. The summed E-state index contributed by atoms with van der Waals surface area (Å²) in [5, 5.41) is 30.1. The van der Waals surface area contributed by atoms with Gasteiger partial charge in [-0.25, -0.2) is 10.1 Å². The molecule has 0 fully saturated rings. The molecule has 0 bridgehead atoms. The van der Waals surface area contributed by atoms with Gasteiger partial charge in [-0.3, -0.25) is 14.9 Å². The number of amides is 1. The van der Waals surface area contributed by atoms with Gasteiger partial charge in [-0.05, 0) is 22.4 Å². The van der Waals surface area contributed by atoms with Crippen LogP contribution >= 0.6 is 0 Å². The number of benzene rings is 2. The van der Waals surface area contributed by atoms with E-state index in [-0.39, 0.29) is 28.7 Å². The zero-order valence-electron chi connectivity index (χ0n) is 19.6. The van der Waals surface area contributed by atoms with Gasteiger partial charge in [-0.1, -0.05) is 5.21 Å². The average Bonchev–Trinajstić information content (AvgIpc) is 3.54. The quantitative estimate of drug-likeness (QED) is 0.187. The molecule has 0 aliphatic rings. The van der Waals surface area contributed by atoms with E-state index in [0.717, 1.165) is 4.68 Å². The number of ether oxygens (including phenoxy) is 3. The van der Waals surface area contributed by atoms with E-state index in [0.29, 0.717) is 28.4 Å². The molecule has 16 nitrogen and oxygen atoms in total. The molecule has 2 aromatic heterocycles. The van der Waals surface area contributed by atoms with Gasteiger partial charge in [-0.2, -0.15) is 9.78 Å². The number of rotatable bonds is 9. The number of carbonyl (C=O) groups excluding carboxylic acids is 1. The number of nitro groups is 1. The molecule has 0 unspecified atom stereocenters. The SMILES string of the molecule is COc1cc(OC)c(C=NNC(=O)c2nnn(-c3nonc3N)c2-c2ccc([N+](=O)[O-])cc2)c(OC)c1. The molecule has 0 aliphatic carbocycles. The maximum atomic E-state index is 13.1. The number of hydrogen-bond donors (Lipinski definition) is 2. The largest absolute Gasteiger partial charge is 0.496 e. The lowest BCUT2D eigenvalue weighted by Crippen LogP contribution is -2.19. The molecule has 0 saturated heterocycles. The van der Waals surface area contributed by atoms with Crippen LogP contribution in [0.2, 0.25) is 0 Å². The van der Waals surface area contributed by atoms with E-state index in [1.165, 1.54) is 51.8 Å². The molecule has 0 atom stereocenters. The molecule has 1 amide bonds. The van der Waals surface area contributed by atoms with E-state index in [2.05, 4.69) is 35.8 Å². The van der Waals surface area contributed by atoms with Crippen LogP contribution < -0.4 is 25.4 Å². The number of nitrogen functional groups attached to an aromatic ring is 1. The third-order valence-electron chi connectivity index (χ3n) is 5.05. The lowest BCUT2D eigenvalue weighted by molar-refractivity contribution is -0.384. The minimum atomic E-state index is -0.752. The first-order valence-electron chi connectivity index (χ1n) is 10.3. The third-order valence-corrected chi connectivity index (χ3v) is 5.05. The number of non-ortho nitro benzene ring substituents is 1. The minimum absolute atomic E-state index is 0.0314. The first kappa shape index (κ1) is 24.6. The normalized spacial score (nSPS) is 10.9. The topological polar surface area (TPSA) is 208 Å². The summed E-state index contributed by atoms with van der Waals surface area (Å²) < 4.78 is 21.7. The van der Waals surface area contributed by atoms with Crippen LogP contribution in [0.15, 0.2) is 46.1 Å². The summed E-state index contributed by atoms with van der Waals surface area (Å²) in [5.74, 6) is 0.382. The average molecular weight is 509 g/mol. The van der Waals surface area contributed by atoms with Crippen molar-refractivity contribution in [2.75, 3.05) is 27.1 Å². The van der Waals surface area contributed by atoms with E-state index in [1.807, 2.05) is 0 Å². The Labute approximate surface area is 207 Å². The van der Waals surface area contributed by atoms with E-state index in [9.17, 15) is 14.9 Å². The fraction of sp³-hybridized carbons (Fsp3) is 0.143. The van der Waals surface area contributed by atoms with Crippen molar-refractivity contribution in [2.45, 2.75) is 0 Å². The van der Waals surface area contributed by atoms with Gasteiger partial charge in [0.05, 0.1) is 38.0 Å². The number of hydrazone groups is 1. The van der Waals surface area contributed by atoms with Crippen molar-refractivity contribution in [1.82, 2.24) is 30.7 Å². The van der Waals surface area contributed by atoms with Crippen molar-refractivity contribution in [3.63, 3.8) is 0 Å². The van der Waals surface area contributed by atoms with Gasteiger partial charge in [0.15, 0.2) is 5.69 Å². The molecule has 0 aliphatic heterocycles. The number of nitrogens with zero attached hydrogens (tertiary/aromatic N) is 7. The van der Waals surface area contributed by atoms with Gasteiger partial charge >= 0.3 is 0 Å². The first-order valence-corrected chi connectivity index (χ1v) is 10.3. The van der Waals surface area contributed by atoms with Crippen LogP contribution in [0.4, 0.5) is 11.5 Å². The standard InChI is InChI=1S/C21H19N9O7/c1-34-13-8-15(35-2)14(16(9-13)36-3)10-23-25-21(31)17-18(11-4-6-12(7-5-11)30(32)33)29(28-24-17)20-19(22)26-37-27-20/h4-10H,1-3H3,(H2,22,26)(H,25,31). The zero-order valence-corrected chi connectivity index (χ0v) is 19.6. The Morgan fingerprint density at radius 1 is 1.14 bits per heavy atom. The molecular formula is C21H19N9O7. The number of aromatic nitrogens is 5. The second kappa shape index (κ2) is 10.4. The molecule has 2 heterocycles. The molecule has 2 aromatic carbocycles. The highest BCUT2D eigenvalue weighted by atomic mass is 16.6. The minimum Gasteiger partial charge on any atom is -0.496 e. The van der Waals surface area contributed by atoms with Gasteiger partial charge in [-0.15, -0.1) is 5.10 Å². The third kappa shape index (κ3) is 4.83. The van der Waals surface area contributed by atoms with Gasteiger partial charge < -0.3 is 19.9 Å². The van der Waals surface area contributed by atoms with Crippen LogP contribution in [-0.4, -0.2) is 63.7 Å². The van der Waals surface area contributed by atoms with Crippen molar-refractivity contribution < 1.29 is 28.6 Å². The van der Waals surface area contributed by atoms with E-state index >= 15 is 0 Å². The summed E-state index contributed by atoms with van der Waals surface area (Å²) >= 11 is 0. The summed E-state index contributed by atoms with van der Waals surface area (Å²) in [6.45, 7) is 0. The molecule has 4 aromatic rings. The number of anilines is 1. The summed E-state index contributed by atoms with van der Waals surface area (Å²) in [5.41, 5.74) is 8.73. The molecule has 0 spiro atoms. The second-order valence-electron chi connectivity index (χ2n) is 7.12. The van der Waals surface area contributed by atoms with E-state index in [4.69, 9.17) is 19.9 Å².